The van der Waals surface area contributed by atoms with Crippen LogP contribution in [0.3, 0.4) is 0 Å². The van der Waals surface area contributed by atoms with E-state index in [1.165, 1.54) is 26.4 Å². The van der Waals surface area contributed by atoms with E-state index in [0.717, 1.165) is 0 Å². The Morgan fingerprint density at radius 1 is 1.29 bits per heavy atom. The maximum absolute atomic E-state index is 11.1. The SMILES string of the molecule is CCC(C(=O)O)c1cc(OC)c(O)c(OC)c1. The van der Waals surface area contributed by atoms with E-state index in [2.05, 4.69) is 0 Å². The van der Waals surface area contributed by atoms with Crippen molar-refractivity contribution in [2.75, 3.05) is 14.2 Å². The van der Waals surface area contributed by atoms with Crippen molar-refractivity contribution >= 4 is 5.97 Å². The zero-order valence-electron chi connectivity index (χ0n) is 10.1. The minimum atomic E-state index is -0.915. The van der Waals surface area contributed by atoms with Crippen LogP contribution in [0.1, 0.15) is 24.8 Å². The molecule has 0 bridgehead atoms. The summed E-state index contributed by atoms with van der Waals surface area (Å²) >= 11 is 0. The average molecular weight is 240 g/mol. The van der Waals surface area contributed by atoms with Crippen LogP contribution in [-0.4, -0.2) is 30.4 Å². The number of aromatic hydroxyl groups is 1. The normalized spacial score (nSPS) is 11.9. The number of ether oxygens (including phenoxy) is 2. The van der Waals surface area contributed by atoms with Gasteiger partial charge in [-0.05, 0) is 24.1 Å². The Bertz CT molecular complexity index is 388. The molecule has 0 saturated carbocycles. The number of methoxy groups -OCH3 is 2. The van der Waals surface area contributed by atoms with Gasteiger partial charge in [-0.25, -0.2) is 0 Å². The lowest BCUT2D eigenvalue weighted by Gasteiger charge is -2.15. The molecule has 1 unspecified atom stereocenters. The van der Waals surface area contributed by atoms with Crippen LogP contribution in [0, 0.1) is 0 Å². The summed E-state index contributed by atoms with van der Waals surface area (Å²) in [7, 11) is 2.81. The monoisotopic (exact) mass is 240 g/mol. The van der Waals surface area contributed by atoms with Gasteiger partial charge in [-0.3, -0.25) is 4.79 Å². The van der Waals surface area contributed by atoms with Gasteiger partial charge in [-0.15, -0.1) is 0 Å². The Kier molecular flexibility index (Phi) is 4.20. The lowest BCUT2D eigenvalue weighted by Crippen LogP contribution is -2.10. The highest BCUT2D eigenvalue weighted by atomic mass is 16.5. The van der Waals surface area contributed by atoms with E-state index < -0.39 is 11.9 Å². The predicted octanol–water partition coefficient (Wildman–Crippen LogP) is 1.99. The third-order valence-electron chi connectivity index (χ3n) is 2.61. The summed E-state index contributed by atoms with van der Waals surface area (Å²) in [6.45, 7) is 1.78. The highest BCUT2D eigenvalue weighted by molar-refractivity contribution is 5.77. The highest BCUT2D eigenvalue weighted by Crippen LogP contribution is 2.39. The molecule has 0 spiro atoms. The van der Waals surface area contributed by atoms with E-state index >= 15 is 0 Å². The number of hydrogen-bond acceptors (Lipinski definition) is 4. The average Bonchev–Trinajstić information content (AvgIpc) is 2.31. The lowest BCUT2D eigenvalue weighted by atomic mass is 9.96. The molecule has 5 nitrogen and oxygen atoms in total. The largest absolute Gasteiger partial charge is 0.502 e. The second-order valence-corrected chi connectivity index (χ2v) is 3.57. The standard InChI is InChI=1S/C12H16O5/c1-4-8(12(14)15)7-5-9(16-2)11(13)10(6-7)17-3/h5-6,8,13H,4H2,1-3H3,(H,14,15). The third kappa shape index (κ3) is 2.61. The Balaban J connectivity index is 3.29. The maximum Gasteiger partial charge on any atom is 0.310 e. The van der Waals surface area contributed by atoms with Crippen LogP contribution in [0.25, 0.3) is 0 Å². The van der Waals surface area contributed by atoms with Crippen LogP contribution in [0.15, 0.2) is 12.1 Å². The number of carbonyl (C=O) groups is 1. The smallest absolute Gasteiger partial charge is 0.310 e. The molecule has 0 aliphatic rings. The van der Waals surface area contributed by atoms with Gasteiger partial charge in [0.15, 0.2) is 11.5 Å². The molecule has 17 heavy (non-hydrogen) atoms. The molecule has 0 saturated heterocycles. The molecule has 5 heteroatoms. The van der Waals surface area contributed by atoms with Gasteiger partial charge in [0.25, 0.3) is 0 Å². The summed E-state index contributed by atoms with van der Waals surface area (Å²) in [6.07, 6.45) is 0.451. The van der Waals surface area contributed by atoms with Crippen molar-refractivity contribution in [3.8, 4) is 17.2 Å². The van der Waals surface area contributed by atoms with Crippen molar-refractivity contribution in [3.05, 3.63) is 17.7 Å². The maximum atomic E-state index is 11.1. The number of phenols is 1. The number of hydrogen-bond donors (Lipinski definition) is 2. The molecular formula is C12H16O5. The Hall–Kier alpha value is -1.91. The summed E-state index contributed by atoms with van der Waals surface area (Å²) in [5.41, 5.74) is 0.548. The molecule has 1 rings (SSSR count). The summed E-state index contributed by atoms with van der Waals surface area (Å²) in [5.74, 6) is -1.27. The van der Waals surface area contributed by atoms with Crippen molar-refractivity contribution < 1.29 is 24.5 Å². The quantitative estimate of drug-likeness (QED) is 0.823. The predicted molar refractivity (Wildman–Crippen MR) is 61.9 cm³/mol. The van der Waals surface area contributed by atoms with Gasteiger partial charge in [0.1, 0.15) is 0 Å². The van der Waals surface area contributed by atoms with E-state index in [1.54, 1.807) is 6.92 Å². The first-order chi connectivity index (χ1) is 8.04. The van der Waals surface area contributed by atoms with Gasteiger partial charge >= 0.3 is 5.97 Å². The van der Waals surface area contributed by atoms with Crippen molar-refractivity contribution in [2.45, 2.75) is 19.3 Å². The summed E-state index contributed by atoms with van der Waals surface area (Å²) < 4.78 is 9.96. The van der Waals surface area contributed by atoms with Crippen LogP contribution < -0.4 is 9.47 Å². The van der Waals surface area contributed by atoms with Crippen LogP contribution in [-0.2, 0) is 4.79 Å². The number of carboxylic acids is 1. The molecule has 0 radical (unpaired) electrons. The molecule has 0 aromatic heterocycles. The van der Waals surface area contributed by atoms with Gasteiger partial charge in [0.05, 0.1) is 20.1 Å². The summed E-state index contributed by atoms with van der Waals surface area (Å²) in [4.78, 5) is 11.1. The highest BCUT2D eigenvalue weighted by Gasteiger charge is 2.21. The van der Waals surface area contributed by atoms with E-state index in [4.69, 9.17) is 14.6 Å². The summed E-state index contributed by atoms with van der Waals surface area (Å²) in [6, 6.07) is 3.03. The van der Waals surface area contributed by atoms with Gasteiger partial charge in [-0.1, -0.05) is 6.92 Å². The Morgan fingerprint density at radius 2 is 1.76 bits per heavy atom. The number of phenolic OH excluding ortho intramolecular Hbond substituents is 1. The second-order valence-electron chi connectivity index (χ2n) is 3.57. The number of carboxylic acid groups (broad SMARTS) is 1. The topological polar surface area (TPSA) is 76.0 Å². The first-order valence-corrected chi connectivity index (χ1v) is 5.22. The minimum Gasteiger partial charge on any atom is -0.502 e. The zero-order valence-corrected chi connectivity index (χ0v) is 10.1. The first kappa shape index (κ1) is 13.2. The van der Waals surface area contributed by atoms with Gasteiger partial charge < -0.3 is 19.7 Å². The van der Waals surface area contributed by atoms with Gasteiger partial charge in [-0.2, -0.15) is 0 Å². The van der Waals surface area contributed by atoms with Crippen LogP contribution >= 0.6 is 0 Å². The second kappa shape index (κ2) is 5.43. The first-order valence-electron chi connectivity index (χ1n) is 5.22. The third-order valence-corrected chi connectivity index (χ3v) is 2.61. The molecule has 2 N–H and O–H groups in total. The number of aliphatic carboxylic acids is 1. The molecular weight excluding hydrogens is 224 g/mol. The fraction of sp³-hybridized carbons (Fsp3) is 0.417. The molecule has 0 fully saturated rings. The van der Waals surface area contributed by atoms with Crippen molar-refractivity contribution in [1.82, 2.24) is 0 Å². The number of rotatable bonds is 5. The summed E-state index contributed by atoms with van der Waals surface area (Å²) in [5, 5.41) is 18.8. The molecule has 0 amide bonds. The van der Waals surface area contributed by atoms with Crippen molar-refractivity contribution in [1.29, 1.82) is 0 Å². The van der Waals surface area contributed by atoms with E-state index in [0.29, 0.717) is 12.0 Å². The van der Waals surface area contributed by atoms with Crippen LogP contribution in [0.4, 0.5) is 0 Å². The fourth-order valence-electron chi connectivity index (χ4n) is 1.67. The van der Waals surface area contributed by atoms with Crippen LogP contribution in [0.2, 0.25) is 0 Å². The van der Waals surface area contributed by atoms with E-state index in [1.807, 2.05) is 0 Å². The molecule has 1 aromatic rings. The van der Waals surface area contributed by atoms with Crippen LogP contribution in [0.5, 0.6) is 17.2 Å². The van der Waals surface area contributed by atoms with E-state index in [-0.39, 0.29) is 17.2 Å². The van der Waals surface area contributed by atoms with Gasteiger partial charge in [0.2, 0.25) is 5.75 Å². The minimum absolute atomic E-state index is 0.126. The van der Waals surface area contributed by atoms with E-state index in [9.17, 15) is 9.90 Å². The zero-order chi connectivity index (χ0) is 13.0. The molecule has 1 aromatic carbocycles. The molecule has 0 aliphatic carbocycles. The van der Waals surface area contributed by atoms with Crippen molar-refractivity contribution in [3.63, 3.8) is 0 Å². The Morgan fingerprint density at radius 3 is 2.06 bits per heavy atom. The van der Waals surface area contributed by atoms with Gasteiger partial charge in [0, 0.05) is 0 Å². The molecule has 0 aliphatic heterocycles. The molecule has 0 heterocycles. The van der Waals surface area contributed by atoms with Crippen molar-refractivity contribution in [2.24, 2.45) is 0 Å². The fourth-order valence-corrected chi connectivity index (χ4v) is 1.67. The molecule has 94 valence electrons. The Labute approximate surface area is 99.6 Å². The molecule has 1 atom stereocenters. The number of benzene rings is 1. The lowest BCUT2D eigenvalue weighted by molar-refractivity contribution is -0.138.